The fourth-order valence-electron chi connectivity index (χ4n) is 4.08. The number of methoxy groups -OCH3 is 1. The van der Waals surface area contributed by atoms with Crippen LogP contribution in [0.5, 0.6) is 0 Å². The van der Waals surface area contributed by atoms with Crippen LogP contribution >= 0.6 is 11.3 Å². The number of nitro groups is 1. The quantitative estimate of drug-likeness (QED) is 0.325. The molecule has 170 valence electrons. The Morgan fingerprint density at radius 3 is 2.64 bits per heavy atom. The molecule has 0 spiro atoms. The first-order valence-electron chi connectivity index (χ1n) is 10.4. The predicted molar refractivity (Wildman–Crippen MR) is 126 cm³/mol. The summed E-state index contributed by atoms with van der Waals surface area (Å²) < 4.78 is 5.00. The maximum absolute atomic E-state index is 13.0. The van der Waals surface area contributed by atoms with Gasteiger partial charge in [0, 0.05) is 41.7 Å². The number of carbonyl (C=O) groups is 2. The first kappa shape index (κ1) is 22.6. The van der Waals surface area contributed by atoms with E-state index in [0.717, 1.165) is 23.5 Å². The molecule has 1 aliphatic rings. The molecule has 8 nitrogen and oxygen atoms in total. The Labute approximate surface area is 194 Å². The number of hydrogen-bond acceptors (Lipinski definition) is 7. The molecule has 9 heteroatoms. The van der Waals surface area contributed by atoms with Crippen molar-refractivity contribution >= 4 is 33.9 Å². The van der Waals surface area contributed by atoms with Gasteiger partial charge in [0.15, 0.2) is 0 Å². The maximum atomic E-state index is 13.0. The molecule has 0 atom stereocenters. The number of anilines is 1. The number of ether oxygens (including phenoxy) is 1. The Bertz CT molecular complexity index is 1220. The molecule has 0 unspecified atom stereocenters. The lowest BCUT2D eigenvalue weighted by molar-refractivity contribution is -0.385. The molecule has 1 N–H and O–H groups in total. The number of esters is 1. The Kier molecular flexibility index (Phi) is 6.52. The standard InChI is InChI=1S/C24H23N3O5S/c1-15-17(9-6-10-19(15)27(30)31)22(28)25-23-21(24(29)32-2)18-11-12-26(14-20(18)33-23)13-16-7-4-3-5-8-16/h3-10H,11-14H2,1-2H3,(H,25,28). The molecule has 1 aliphatic heterocycles. The number of amides is 1. The van der Waals surface area contributed by atoms with Gasteiger partial charge >= 0.3 is 5.97 Å². The van der Waals surface area contributed by atoms with Gasteiger partial charge < -0.3 is 10.1 Å². The summed E-state index contributed by atoms with van der Waals surface area (Å²) in [6.45, 7) is 3.76. The van der Waals surface area contributed by atoms with Crippen LogP contribution in [0.15, 0.2) is 48.5 Å². The highest BCUT2D eigenvalue weighted by Gasteiger charge is 2.30. The second-order valence-corrected chi connectivity index (χ2v) is 8.91. The van der Waals surface area contributed by atoms with E-state index in [-0.39, 0.29) is 16.8 Å². The number of rotatable bonds is 6. The van der Waals surface area contributed by atoms with Crippen molar-refractivity contribution in [1.29, 1.82) is 0 Å². The first-order chi connectivity index (χ1) is 15.9. The molecule has 2 heterocycles. The van der Waals surface area contributed by atoms with Gasteiger partial charge in [-0.25, -0.2) is 4.79 Å². The molecular formula is C24H23N3O5S. The smallest absolute Gasteiger partial charge is 0.341 e. The number of carbonyl (C=O) groups excluding carboxylic acids is 2. The zero-order chi connectivity index (χ0) is 23.5. The Morgan fingerprint density at radius 1 is 1.18 bits per heavy atom. The molecule has 2 aromatic carbocycles. The van der Waals surface area contributed by atoms with Crippen LogP contribution in [0.4, 0.5) is 10.7 Å². The van der Waals surface area contributed by atoms with Crippen LogP contribution in [0.25, 0.3) is 0 Å². The Morgan fingerprint density at radius 2 is 1.94 bits per heavy atom. The Hall–Kier alpha value is -3.56. The van der Waals surface area contributed by atoms with Gasteiger partial charge in [-0.2, -0.15) is 0 Å². The van der Waals surface area contributed by atoms with Crippen molar-refractivity contribution in [3.05, 3.63) is 91.3 Å². The molecule has 0 fully saturated rings. The Balaban J connectivity index is 1.62. The van der Waals surface area contributed by atoms with Crippen molar-refractivity contribution in [2.75, 3.05) is 19.0 Å². The summed E-state index contributed by atoms with van der Waals surface area (Å²) in [5.41, 5.74) is 2.81. The number of nitrogens with zero attached hydrogens (tertiary/aromatic N) is 2. The highest BCUT2D eigenvalue weighted by molar-refractivity contribution is 7.17. The maximum Gasteiger partial charge on any atom is 0.341 e. The van der Waals surface area contributed by atoms with Crippen LogP contribution < -0.4 is 5.32 Å². The van der Waals surface area contributed by atoms with Gasteiger partial charge in [0.25, 0.3) is 11.6 Å². The number of thiophene rings is 1. The number of hydrogen-bond donors (Lipinski definition) is 1. The number of benzene rings is 2. The molecule has 1 amide bonds. The van der Waals surface area contributed by atoms with Crippen molar-refractivity contribution < 1.29 is 19.2 Å². The van der Waals surface area contributed by atoms with Crippen LogP contribution in [-0.2, 0) is 24.2 Å². The van der Waals surface area contributed by atoms with Gasteiger partial charge in [0.05, 0.1) is 17.6 Å². The van der Waals surface area contributed by atoms with Crippen molar-refractivity contribution in [1.82, 2.24) is 4.90 Å². The topological polar surface area (TPSA) is 102 Å². The van der Waals surface area contributed by atoms with E-state index in [4.69, 9.17) is 4.74 Å². The summed E-state index contributed by atoms with van der Waals surface area (Å²) in [6, 6.07) is 14.5. The van der Waals surface area contributed by atoms with Crippen molar-refractivity contribution in [3.63, 3.8) is 0 Å². The minimum Gasteiger partial charge on any atom is -0.465 e. The molecule has 33 heavy (non-hydrogen) atoms. The van der Waals surface area contributed by atoms with Gasteiger partial charge in [-0.05, 0) is 30.5 Å². The molecular weight excluding hydrogens is 442 g/mol. The SMILES string of the molecule is COC(=O)c1c(NC(=O)c2cccc([N+](=O)[O-])c2C)sc2c1CCN(Cc1ccccc1)C2. The largest absolute Gasteiger partial charge is 0.465 e. The third kappa shape index (κ3) is 4.64. The summed E-state index contributed by atoms with van der Waals surface area (Å²) >= 11 is 1.35. The number of nitrogens with one attached hydrogen (secondary N) is 1. The highest BCUT2D eigenvalue weighted by atomic mass is 32.1. The molecule has 0 bridgehead atoms. The van der Waals surface area contributed by atoms with Gasteiger partial charge in [0.1, 0.15) is 5.00 Å². The molecule has 3 aromatic rings. The average Bonchev–Trinajstić information content (AvgIpc) is 3.16. The number of fused-ring (bicyclic) bond motifs is 1. The van der Waals surface area contributed by atoms with E-state index in [1.165, 1.54) is 49.1 Å². The molecule has 0 saturated heterocycles. The molecule has 0 saturated carbocycles. The van der Waals surface area contributed by atoms with Gasteiger partial charge in [-0.1, -0.05) is 36.4 Å². The zero-order valence-corrected chi connectivity index (χ0v) is 19.1. The molecule has 1 aromatic heterocycles. The molecule has 0 aliphatic carbocycles. The van der Waals surface area contributed by atoms with Crippen molar-refractivity contribution in [2.24, 2.45) is 0 Å². The normalized spacial score (nSPS) is 13.3. The van der Waals surface area contributed by atoms with E-state index in [2.05, 4.69) is 22.3 Å². The van der Waals surface area contributed by atoms with Gasteiger partial charge in [-0.3, -0.25) is 19.8 Å². The summed E-state index contributed by atoms with van der Waals surface area (Å²) in [5.74, 6) is -1.00. The predicted octanol–water partition coefficient (Wildman–Crippen LogP) is 4.56. The lowest BCUT2D eigenvalue weighted by atomic mass is 10.0. The van der Waals surface area contributed by atoms with Crippen LogP contribution in [0, 0.1) is 17.0 Å². The van der Waals surface area contributed by atoms with E-state index in [9.17, 15) is 19.7 Å². The van der Waals surface area contributed by atoms with Crippen molar-refractivity contribution in [3.8, 4) is 0 Å². The van der Waals surface area contributed by atoms with Crippen LogP contribution in [0.2, 0.25) is 0 Å². The fourth-order valence-corrected chi connectivity index (χ4v) is 5.35. The van der Waals surface area contributed by atoms with E-state index in [1.54, 1.807) is 0 Å². The third-order valence-electron chi connectivity index (χ3n) is 5.75. The van der Waals surface area contributed by atoms with Crippen LogP contribution in [0.3, 0.4) is 0 Å². The minimum atomic E-state index is -0.517. The average molecular weight is 466 g/mol. The molecule has 4 rings (SSSR count). The monoisotopic (exact) mass is 465 g/mol. The lowest BCUT2D eigenvalue weighted by Crippen LogP contribution is -2.29. The third-order valence-corrected chi connectivity index (χ3v) is 6.88. The second-order valence-electron chi connectivity index (χ2n) is 7.81. The highest BCUT2D eigenvalue weighted by Crippen LogP contribution is 2.38. The van der Waals surface area contributed by atoms with E-state index < -0.39 is 16.8 Å². The first-order valence-corrected chi connectivity index (χ1v) is 11.2. The number of nitro benzene ring substituents is 1. The molecule has 0 radical (unpaired) electrons. The summed E-state index contributed by atoms with van der Waals surface area (Å²) in [6.07, 6.45) is 0.662. The van der Waals surface area contributed by atoms with E-state index in [1.807, 2.05) is 18.2 Å². The van der Waals surface area contributed by atoms with Crippen LogP contribution in [0.1, 0.15) is 42.3 Å². The fraction of sp³-hybridized carbons (Fsp3) is 0.250. The summed E-state index contributed by atoms with van der Waals surface area (Å²) in [4.78, 5) is 39.6. The summed E-state index contributed by atoms with van der Waals surface area (Å²) in [7, 11) is 1.31. The lowest BCUT2D eigenvalue weighted by Gasteiger charge is -2.27. The second kappa shape index (κ2) is 9.51. The van der Waals surface area contributed by atoms with E-state index >= 15 is 0 Å². The van der Waals surface area contributed by atoms with Gasteiger partial charge in [0.2, 0.25) is 0 Å². The van der Waals surface area contributed by atoms with E-state index in [0.29, 0.717) is 23.5 Å². The minimum absolute atomic E-state index is 0.127. The van der Waals surface area contributed by atoms with Crippen molar-refractivity contribution in [2.45, 2.75) is 26.4 Å². The van der Waals surface area contributed by atoms with Crippen LogP contribution in [-0.4, -0.2) is 35.4 Å². The summed E-state index contributed by atoms with van der Waals surface area (Å²) in [5, 5.41) is 14.5. The zero-order valence-electron chi connectivity index (χ0n) is 18.3. The van der Waals surface area contributed by atoms with Gasteiger partial charge in [-0.15, -0.1) is 11.3 Å².